The van der Waals surface area contributed by atoms with Crippen molar-refractivity contribution in [2.45, 2.75) is 77.2 Å². The van der Waals surface area contributed by atoms with Crippen LogP contribution in [0.3, 0.4) is 0 Å². The molecule has 0 spiro atoms. The third-order valence-corrected chi connectivity index (χ3v) is 12.3. The van der Waals surface area contributed by atoms with E-state index in [1.54, 1.807) is 4.90 Å². The summed E-state index contributed by atoms with van der Waals surface area (Å²) < 4.78 is 6.33. The molecular formula is C26H42N2O3Si. The molecule has 0 radical (unpaired) electrons. The van der Waals surface area contributed by atoms with E-state index in [2.05, 4.69) is 63.9 Å². The van der Waals surface area contributed by atoms with Gasteiger partial charge in [0.25, 0.3) is 0 Å². The SMILES string of the molecule is CC(=Cc1ccccc1)[C@@H]1C[C@H]1N(C(=O)O)C1CCN(CCO[Si](C)(C)C(C)(C)C)CC1. The molecule has 6 heteroatoms. The minimum Gasteiger partial charge on any atom is -0.465 e. The molecule has 0 aromatic heterocycles. The van der Waals surface area contributed by atoms with Crippen molar-refractivity contribution in [3.8, 4) is 0 Å². The van der Waals surface area contributed by atoms with Crippen LogP contribution in [0.25, 0.3) is 6.08 Å². The van der Waals surface area contributed by atoms with Gasteiger partial charge in [-0.3, -0.25) is 0 Å². The molecule has 3 rings (SSSR count). The van der Waals surface area contributed by atoms with Gasteiger partial charge >= 0.3 is 6.09 Å². The average molecular weight is 459 g/mol. The van der Waals surface area contributed by atoms with Crippen LogP contribution in [0.1, 0.15) is 52.5 Å². The number of piperidine rings is 1. The Morgan fingerprint density at radius 2 is 1.84 bits per heavy atom. The molecule has 1 aromatic rings. The number of rotatable bonds is 8. The van der Waals surface area contributed by atoms with E-state index in [0.29, 0.717) is 5.92 Å². The van der Waals surface area contributed by atoms with Gasteiger partial charge in [-0.2, -0.15) is 0 Å². The maximum atomic E-state index is 12.1. The number of nitrogens with zero attached hydrogens (tertiary/aromatic N) is 2. The summed E-state index contributed by atoms with van der Waals surface area (Å²) in [5.41, 5.74) is 2.47. The summed E-state index contributed by atoms with van der Waals surface area (Å²) in [5, 5.41) is 10.2. The summed E-state index contributed by atoms with van der Waals surface area (Å²) in [6.07, 6.45) is 4.22. The number of benzene rings is 1. The number of carbonyl (C=O) groups is 1. The van der Waals surface area contributed by atoms with Gasteiger partial charge in [-0.1, -0.05) is 62.8 Å². The molecule has 1 saturated carbocycles. The van der Waals surface area contributed by atoms with E-state index >= 15 is 0 Å². The van der Waals surface area contributed by atoms with Gasteiger partial charge < -0.3 is 19.3 Å². The second-order valence-electron chi connectivity index (χ2n) is 11.1. The Morgan fingerprint density at radius 1 is 1.22 bits per heavy atom. The largest absolute Gasteiger partial charge is 0.465 e. The van der Waals surface area contributed by atoms with Crippen molar-refractivity contribution < 1.29 is 14.3 Å². The fourth-order valence-electron chi connectivity index (χ4n) is 4.53. The zero-order valence-electron chi connectivity index (χ0n) is 20.8. The van der Waals surface area contributed by atoms with Crippen molar-refractivity contribution in [3.63, 3.8) is 0 Å². The van der Waals surface area contributed by atoms with E-state index in [1.807, 2.05) is 18.2 Å². The van der Waals surface area contributed by atoms with Crippen molar-refractivity contribution in [3.05, 3.63) is 41.5 Å². The summed E-state index contributed by atoms with van der Waals surface area (Å²) in [5.74, 6) is 0.349. The Morgan fingerprint density at radius 3 is 2.41 bits per heavy atom. The van der Waals surface area contributed by atoms with Gasteiger partial charge in [-0.05, 0) is 49.9 Å². The Kier molecular flexibility index (Phi) is 7.89. The van der Waals surface area contributed by atoms with E-state index in [-0.39, 0.29) is 17.1 Å². The molecule has 1 aliphatic heterocycles. The Bertz CT molecular complexity index is 795. The second kappa shape index (κ2) is 10.1. The maximum Gasteiger partial charge on any atom is 0.407 e. The molecule has 1 aliphatic carbocycles. The number of hydrogen-bond acceptors (Lipinski definition) is 3. The molecule has 0 unspecified atom stereocenters. The van der Waals surface area contributed by atoms with E-state index < -0.39 is 14.4 Å². The zero-order chi connectivity index (χ0) is 23.5. The molecule has 32 heavy (non-hydrogen) atoms. The fourth-order valence-corrected chi connectivity index (χ4v) is 5.57. The van der Waals surface area contributed by atoms with Gasteiger partial charge in [-0.15, -0.1) is 0 Å². The molecule has 1 aromatic carbocycles. The quantitative estimate of drug-likeness (QED) is 0.490. The van der Waals surface area contributed by atoms with Crippen molar-refractivity contribution in [1.29, 1.82) is 0 Å². The van der Waals surface area contributed by atoms with Crippen LogP contribution in [0.2, 0.25) is 18.1 Å². The number of amides is 1. The molecule has 1 amide bonds. The van der Waals surface area contributed by atoms with Gasteiger partial charge in [0.1, 0.15) is 0 Å². The molecule has 1 N–H and O–H groups in total. The van der Waals surface area contributed by atoms with E-state index in [0.717, 1.165) is 45.5 Å². The molecule has 2 fully saturated rings. The summed E-state index contributed by atoms with van der Waals surface area (Å²) in [6.45, 7) is 17.2. The number of carboxylic acid groups (broad SMARTS) is 1. The number of hydrogen-bond donors (Lipinski definition) is 1. The first kappa shape index (κ1) is 25.0. The lowest BCUT2D eigenvalue weighted by atomic mass is 10.0. The van der Waals surface area contributed by atoms with Gasteiger partial charge in [-0.25, -0.2) is 4.79 Å². The molecule has 2 atom stereocenters. The fraction of sp³-hybridized carbons (Fsp3) is 0.654. The summed E-state index contributed by atoms with van der Waals surface area (Å²) >= 11 is 0. The summed E-state index contributed by atoms with van der Waals surface area (Å²) in [6, 6.07) is 10.6. The third-order valence-electron chi connectivity index (χ3n) is 7.74. The maximum absolute atomic E-state index is 12.1. The Labute approximate surface area is 195 Å². The molecule has 178 valence electrons. The Hall–Kier alpha value is -1.63. The van der Waals surface area contributed by atoms with Gasteiger partial charge in [0.05, 0.1) is 0 Å². The van der Waals surface area contributed by atoms with Crippen LogP contribution < -0.4 is 0 Å². The lowest BCUT2D eigenvalue weighted by Gasteiger charge is -2.39. The van der Waals surface area contributed by atoms with Crippen LogP contribution >= 0.6 is 0 Å². The van der Waals surface area contributed by atoms with Gasteiger partial charge in [0.2, 0.25) is 0 Å². The molecular weight excluding hydrogens is 416 g/mol. The van der Waals surface area contributed by atoms with Gasteiger partial charge in [0.15, 0.2) is 8.32 Å². The third kappa shape index (κ3) is 6.24. The van der Waals surface area contributed by atoms with Crippen molar-refractivity contribution >= 4 is 20.5 Å². The minimum atomic E-state index is -1.71. The minimum absolute atomic E-state index is 0.129. The molecule has 2 aliphatic rings. The smallest absolute Gasteiger partial charge is 0.407 e. The lowest BCUT2D eigenvalue weighted by molar-refractivity contribution is 0.0794. The van der Waals surface area contributed by atoms with Crippen LogP contribution in [-0.2, 0) is 4.43 Å². The molecule has 0 bridgehead atoms. The topological polar surface area (TPSA) is 53.0 Å². The molecule has 5 nitrogen and oxygen atoms in total. The zero-order valence-corrected chi connectivity index (χ0v) is 21.8. The highest BCUT2D eigenvalue weighted by Crippen LogP contribution is 2.44. The average Bonchev–Trinajstić information content (AvgIpc) is 3.49. The van der Waals surface area contributed by atoms with E-state index in [1.165, 1.54) is 11.1 Å². The van der Waals surface area contributed by atoms with E-state index in [9.17, 15) is 9.90 Å². The van der Waals surface area contributed by atoms with Crippen molar-refractivity contribution in [2.24, 2.45) is 5.92 Å². The highest BCUT2D eigenvalue weighted by Gasteiger charge is 2.47. The monoisotopic (exact) mass is 458 g/mol. The highest BCUT2D eigenvalue weighted by molar-refractivity contribution is 6.74. The first-order valence-corrected chi connectivity index (χ1v) is 15.0. The first-order valence-electron chi connectivity index (χ1n) is 12.1. The summed E-state index contributed by atoms with van der Waals surface area (Å²) in [7, 11) is -1.71. The van der Waals surface area contributed by atoms with Crippen LogP contribution in [0.5, 0.6) is 0 Å². The van der Waals surface area contributed by atoms with Crippen LogP contribution in [0.4, 0.5) is 4.79 Å². The van der Waals surface area contributed by atoms with Crippen LogP contribution in [0, 0.1) is 5.92 Å². The van der Waals surface area contributed by atoms with Crippen LogP contribution in [-0.4, -0.2) is 67.6 Å². The lowest BCUT2D eigenvalue weighted by Crippen LogP contribution is -2.49. The summed E-state index contributed by atoms with van der Waals surface area (Å²) in [4.78, 5) is 16.4. The standard InChI is InChI=1S/C26H42N2O3Si/c1-20(18-21-10-8-7-9-11-21)23-19-24(23)28(25(29)30)22-12-14-27(15-13-22)16-17-31-32(5,6)26(2,3)4/h7-11,18,22-24H,12-17,19H2,1-6H3,(H,29,30)/t23-,24+/m0/s1. The van der Waals surface area contributed by atoms with E-state index in [4.69, 9.17) is 4.43 Å². The first-order chi connectivity index (χ1) is 15.0. The Balaban J connectivity index is 1.49. The highest BCUT2D eigenvalue weighted by atomic mass is 28.4. The number of likely N-dealkylation sites (tertiary alicyclic amines) is 1. The van der Waals surface area contributed by atoms with Crippen molar-refractivity contribution in [1.82, 2.24) is 9.80 Å². The predicted octanol–water partition coefficient (Wildman–Crippen LogP) is 5.94. The second-order valence-corrected chi connectivity index (χ2v) is 15.9. The molecule has 1 saturated heterocycles. The normalized spacial score (nSPS) is 23.2. The van der Waals surface area contributed by atoms with Crippen LogP contribution in [0.15, 0.2) is 35.9 Å². The van der Waals surface area contributed by atoms with Crippen molar-refractivity contribution in [2.75, 3.05) is 26.2 Å². The predicted molar refractivity (Wildman–Crippen MR) is 134 cm³/mol. The van der Waals surface area contributed by atoms with Gasteiger partial charge in [0, 0.05) is 44.2 Å². The molecule has 1 heterocycles.